The molecule has 0 fully saturated rings. The van der Waals surface area contributed by atoms with E-state index in [2.05, 4.69) is 16.4 Å². The van der Waals surface area contributed by atoms with Crippen molar-refractivity contribution in [2.45, 2.75) is 25.9 Å². The minimum Gasteiger partial charge on any atom is -0.336 e. The fraction of sp³-hybridized carbons (Fsp3) is 0.412. The van der Waals surface area contributed by atoms with Crippen molar-refractivity contribution in [3.63, 3.8) is 0 Å². The Morgan fingerprint density at radius 3 is 2.81 bits per heavy atom. The Morgan fingerprint density at radius 1 is 1.27 bits per heavy atom. The highest BCUT2D eigenvalue weighted by atomic mass is 32.1. The standard InChI is InChI=1S/C17H19N5O3S/c1-10(15(23)21-6-4-12-11(8-21)5-7-26-12)22-9-18-14-13(22)16(24)20(3)17(25)19(14)2/h5,7,9-10H,4,6,8H2,1-3H3. The van der Waals surface area contributed by atoms with E-state index in [1.807, 2.05) is 4.90 Å². The van der Waals surface area contributed by atoms with Gasteiger partial charge in [-0.05, 0) is 30.4 Å². The second-order valence-corrected chi connectivity index (χ2v) is 7.59. The van der Waals surface area contributed by atoms with Gasteiger partial charge in [0, 0.05) is 32.1 Å². The lowest BCUT2D eigenvalue weighted by Crippen LogP contribution is -2.41. The molecule has 0 bridgehead atoms. The van der Waals surface area contributed by atoms with Gasteiger partial charge in [-0.3, -0.25) is 18.7 Å². The molecule has 0 N–H and O–H groups in total. The van der Waals surface area contributed by atoms with Crippen molar-refractivity contribution in [2.75, 3.05) is 6.54 Å². The SMILES string of the molecule is CC(C(=O)N1CCc2sccc2C1)n1cnc2c1c(=O)n(C)c(=O)n2C. The molecule has 0 radical (unpaired) electrons. The lowest BCUT2D eigenvalue weighted by molar-refractivity contribution is -0.135. The van der Waals surface area contributed by atoms with Crippen molar-refractivity contribution in [3.05, 3.63) is 49.1 Å². The van der Waals surface area contributed by atoms with Crippen LogP contribution in [0.3, 0.4) is 0 Å². The van der Waals surface area contributed by atoms with Crippen LogP contribution < -0.4 is 11.2 Å². The molecule has 9 heteroatoms. The number of imidazole rings is 1. The second-order valence-electron chi connectivity index (χ2n) is 6.58. The minimum atomic E-state index is -0.578. The van der Waals surface area contributed by atoms with Crippen LogP contribution in [0.1, 0.15) is 23.4 Å². The van der Waals surface area contributed by atoms with Crippen molar-refractivity contribution < 1.29 is 4.79 Å². The molecule has 1 aliphatic heterocycles. The Bertz CT molecular complexity index is 1140. The van der Waals surface area contributed by atoms with E-state index in [0.717, 1.165) is 11.0 Å². The molecule has 1 unspecified atom stereocenters. The maximum Gasteiger partial charge on any atom is 0.332 e. The van der Waals surface area contributed by atoms with Crippen LogP contribution in [0.2, 0.25) is 0 Å². The summed E-state index contributed by atoms with van der Waals surface area (Å²) < 4.78 is 3.93. The Hall–Kier alpha value is -2.68. The monoisotopic (exact) mass is 373 g/mol. The normalized spacial score (nSPS) is 15.3. The van der Waals surface area contributed by atoms with Crippen LogP contribution in [0.5, 0.6) is 0 Å². The molecule has 1 atom stereocenters. The van der Waals surface area contributed by atoms with Gasteiger partial charge in [0.15, 0.2) is 11.2 Å². The fourth-order valence-electron chi connectivity index (χ4n) is 3.48. The van der Waals surface area contributed by atoms with Crippen molar-refractivity contribution in [2.24, 2.45) is 14.1 Å². The number of hydrogen-bond acceptors (Lipinski definition) is 5. The van der Waals surface area contributed by atoms with Crippen LogP contribution in [0.4, 0.5) is 0 Å². The number of aryl methyl sites for hydroxylation is 1. The molecule has 26 heavy (non-hydrogen) atoms. The average molecular weight is 373 g/mol. The molecule has 136 valence electrons. The van der Waals surface area contributed by atoms with E-state index in [0.29, 0.717) is 13.1 Å². The molecule has 0 aromatic carbocycles. The van der Waals surface area contributed by atoms with Gasteiger partial charge in [0.1, 0.15) is 6.04 Å². The molecule has 4 heterocycles. The number of hydrogen-bond donors (Lipinski definition) is 0. The zero-order valence-electron chi connectivity index (χ0n) is 14.8. The molecule has 0 saturated carbocycles. The second kappa shape index (κ2) is 5.94. The quantitative estimate of drug-likeness (QED) is 0.660. The Morgan fingerprint density at radius 2 is 2.04 bits per heavy atom. The number of rotatable bonds is 2. The lowest BCUT2D eigenvalue weighted by Gasteiger charge is -2.29. The van der Waals surface area contributed by atoms with Gasteiger partial charge in [-0.1, -0.05) is 0 Å². The zero-order chi connectivity index (χ0) is 18.6. The topological polar surface area (TPSA) is 82.1 Å². The predicted octanol–water partition coefficient (Wildman–Crippen LogP) is 0.641. The van der Waals surface area contributed by atoms with E-state index in [-0.39, 0.29) is 17.1 Å². The Labute approximate surface area is 152 Å². The highest BCUT2D eigenvalue weighted by Gasteiger charge is 2.28. The van der Waals surface area contributed by atoms with E-state index in [1.165, 1.54) is 28.4 Å². The Kier molecular flexibility index (Phi) is 3.83. The van der Waals surface area contributed by atoms with Gasteiger partial charge in [0.25, 0.3) is 5.56 Å². The van der Waals surface area contributed by atoms with Crippen LogP contribution in [-0.4, -0.2) is 36.0 Å². The molecule has 3 aromatic heterocycles. The number of nitrogens with zero attached hydrogens (tertiary/aromatic N) is 5. The molecule has 3 aromatic rings. The smallest absolute Gasteiger partial charge is 0.332 e. The maximum atomic E-state index is 13.0. The number of thiophene rings is 1. The third-order valence-electron chi connectivity index (χ3n) is 5.07. The van der Waals surface area contributed by atoms with E-state index in [9.17, 15) is 14.4 Å². The average Bonchev–Trinajstić information content (AvgIpc) is 3.29. The summed E-state index contributed by atoms with van der Waals surface area (Å²) >= 11 is 1.72. The summed E-state index contributed by atoms with van der Waals surface area (Å²) in [5.41, 5.74) is 0.863. The molecule has 1 amide bonds. The summed E-state index contributed by atoms with van der Waals surface area (Å²) in [5, 5.41) is 2.05. The predicted molar refractivity (Wildman–Crippen MR) is 98.4 cm³/mol. The van der Waals surface area contributed by atoms with Crippen molar-refractivity contribution >= 4 is 28.4 Å². The number of carbonyl (C=O) groups is 1. The summed E-state index contributed by atoms with van der Waals surface area (Å²) in [7, 11) is 2.99. The van der Waals surface area contributed by atoms with Gasteiger partial charge in [-0.25, -0.2) is 9.78 Å². The third kappa shape index (κ3) is 2.34. The largest absolute Gasteiger partial charge is 0.336 e. The van der Waals surface area contributed by atoms with Crippen molar-refractivity contribution in [1.29, 1.82) is 0 Å². The van der Waals surface area contributed by atoms with Gasteiger partial charge >= 0.3 is 5.69 Å². The summed E-state index contributed by atoms with van der Waals surface area (Å²) in [6.45, 7) is 3.02. The van der Waals surface area contributed by atoms with Gasteiger partial charge in [-0.2, -0.15) is 0 Å². The highest BCUT2D eigenvalue weighted by molar-refractivity contribution is 7.10. The van der Waals surface area contributed by atoms with Crippen LogP contribution >= 0.6 is 11.3 Å². The van der Waals surface area contributed by atoms with Crippen molar-refractivity contribution in [1.82, 2.24) is 23.6 Å². The lowest BCUT2D eigenvalue weighted by atomic mass is 10.1. The minimum absolute atomic E-state index is 0.0583. The molecule has 1 aliphatic rings. The molecule has 4 rings (SSSR count). The molecule has 8 nitrogen and oxygen atoms in total. The number of fused-ring (bicyclic) bond motifs is 2. The van der Waals surface area contributed by atoms with Crippen LogP contribution in [0, 0.1) is 0 Å². The number of carbonyl (C=O) groups excluding carboxylic acids is 1. The first-order chi connectivity index (χ1) is 12.4. The highest BCUT2D eigenvalue weighted by Crippen LogP contribution is 2.26. The molecular formula is C17H19N5O3S. The molecule has 0 spiro atoms. The van der Waals surface area contributed by atoms with Crippen LogP contribution in [0.25, 0.3) is 11.2 Å². The molecule has 0 aliphatic carbocycles. The summed E-state index contributed by atoms with van der Waals surface area (Å²) in [4.78, 5) is 45.0. The van der Waals surface area contributed by atoms with Gasteiger partial charge in [0.05, 0.1) is 6.33 Å². The first-order valence-electron chi connectivity index (χ1n) is 8.36. The van der Waals surface area contributed by atoms with E-state index in [4.69, 9.17) is 0 Å². The Balaban J connectivity index is 1.73. The van der Waals surface area contributed by atoms with Crippen LogP contribution in [-0.2, 0) is 31.9 Å². The maximum absolute atomic E-state index is 13.0. The third-order valence-corrected chi connectivity index (χ3v) is 6.09. The summed E-state index contributed by atoms with van der Waals surface area (Å²) in [6.07, 6.45) is 2.32. The van der Waals surface area contributed by atoms with Gasteiger partial charge in [-0.15, -0.1) is 11.3 Å². The van der Waals surface area contributed by atoms with Gasteiger partial charge in [0.2, 0.25) is 5.91 Å². The summed E-state index contributed by atoms with van der Waals surface area (Å²) in [6, 6.07) is 1.48. The van der Waals surface area contributed by atoms with Crippen molar-refractivity contribution in [3.8, 4) is 0 Å². The van der Waals surface area contributed by atoms with Crippen LogP contribution in [0.15, 0.2) is 27.4 Å². The summed E-state index contributed by atoms with van der Waals surface area (Å²) in [5.74, 6) is -0.0583. The first kappa shape index (κ1) is 16.8. The van der Waals surface area contributed by atoms with E-state index in [1.54, 1.807) is 29.9 Å². The van der Waals surface area contributed by atoms with E-state index < -0.39 is 17.3 Å². The fourth-order valence-corrected chi connectivity index (χ4v) is 4.37. The van der Waals surface area contributed by atoms with E-state index >= 15 is 0 Å². The first-order valence-corrected chi connectivity index (χ1v) is 9.24. The van der Waals surface area contributed by atoms with Gasteiger partial charge < -0.3 is 9.47 Å². The number of aromatic nitrogens is 4. The zero-order valence-corrected chi connectivity index (χ0v) is 15.6. The number of amides is 1. The molecular weight excluding hydrogens is 354 g/mol. The molecule has 0 saturated heterocycles.